The summed E-state index contributed by atoms with van der Waals surface area (Å²) in [4.78, 5) is 44.5. The zero-order valence-electron chi connectivity index (χ0n) is 18.2. The van der Waals surface area contributed by atoms with Crippen molar-refractivity contribution in [1.29, 1.82) is 0 Å². The van der Waals surface area contributed by atoms with Crippen LogP contribution in [0.3, 0.4) is 0 Å². The van der Waals surface area contributed by atoms with Crippen LogP contribution in [-0.2, 0) is 16.1 Å². The number of amides is 1. The highest BCUT2D eigenvalue weighted by Crippen LogP contribution is 2.43. The minimum absolute atomic E-state index is 0.0737. The van der Waals surface area contributed by atoms with Crippen LogP contribution < -0.4 is 22.0 Å². The van der Waals surface area contributed by atoms with Gasteiger partial charge in [-0.15, -0.1) is 0 Å². The topological polar surface area (TPSA) is 170 Å². The minimum atomic E-state index is -0.897. The fourth-order valence-corrected chi connectivity index (χ4v) is 4.20. The summed E-state index contributed by atoms with van der Waals surface area (Å²) in [5.74, 6) is 0.229. The number of aliphatic hydroxyl groups is 1. The van der Waals surface area contributed by atoms with Gasteiger partial charge in [-0.3, -0.25) is 10.1 Å². The van der Waals surface area contributed by atoms with Crippen LogP contribution in [-0.4, -0.2) is 39.8 Å². The van der Waals surface area contributed by atoms with E-state index < -0.39 is 23.7 Å². The summed E-state index contributed by atoms with van der Waals surface area (Å²) in [5.41, 5.74) is -0.443. The lowest BCUT2D eigenvalue weighted by Crippen LogP contribution is -2.16. The zero-order valence-corrected chi connectivity index (χ0v) is 18.2. The molecule has 13 nitrogen and oxygen atoms in total. The highest BCUT2D eigenvalue weighted by atomic mass is 16.6. The van der Waals surface area contributed by atoms with Crippen molar-refractivity contribution in [3.8, 4) is 0 Å². The molecule has 13 heteroatoms. The maximum absolute atomic E-state index is 12.5. The van der Waals surface area contributed by atoms with Crippen LogP contribution in [0.15, 0.2) is 35.7 Å². The standard InChI is InChI=1S/C21H21N5O8/c1-9-3-11(6-27)33-19(9)26-5-12-13(4-15(28)25-17-16(12)18(26)23-8-22-17)24-20(29)31-7-14-10(2)32-21(30)34-14/h4-5,8-9,11,19,27H,3,6-7H2,1-2H3,(H,24,29)(H,22,23,25,28). The molecule has 178 valence electrons. The molecule has 3 unspecified atom stereocenters. The summed E-state index contributed by atoms with van der Waals surface area (Å²) in [6.07, 6.45) is 2.21. The lowest BCUT2D eigenvalue weighted by molar-refractivity contribution is -0.0299. The number of carbonyl (C=O) groups excluding carboxylic acids is 1. The molecule has 3 atom stereocenters. The Morgan fingerprint density at radius 2 is 2.21 bits per heavy atom. The van der Waals surface area contributed by atoms with Crippen LogP contribution in [0.25, 0.3) is 10.8 Å². The number of aliphatic imine (C=N–C) groups is 1. The van der Waals surface area contributed by atoms with E-state index in [0.717, 1.165) is 0 Å². The third-order valence-electron chi connectivity index (χ3n) is 5.75. The van der Waals surface area contributed by atoms with Gasteiger partial charge in [-0.1, -0.05) is 6.92 Å². The zero-order chi connectivity index (χ0) is 24.0. The van der Waals surface area contributed by atoms with Gasteiger partial charge in [-0.25, -0.2) is 14.6 Å². The number of nitrogens with one attached hydrogen (secondary N) is 2. The summed E-state index contributed by atoms with van der Waals surface area (Å²) in [5, 5.41) is 15.9. The monoisotopic (exact) mass is 471 g/mol. The fourth-order valence-electron chi connectivity index (χ4n) is 4.20. The van der Waals surface area contributed by atoms with Crippen molar-refractivity contribution in [2.45, 2.75) is 39.2 Å². The van der Waals surface area contributed by atoms with Crippen LogP contribution in [0.2, 0.25) is 0 Å². The Bertz CT molecular complexity index is 1420. The van der Waals surface area contributed by atoms with Gasteiger partial charge in [0.15, 0.2) is 18.1 Å². The quantitative estimate of drug-likeness (QED) is 0.500. The van der Waals surface area contributed by atoms with E-state index in [9.17, 15) is 19.5 Å². The van der Waals surface area contributed by atoms with Crippen molar-refractivity contribution in [2.24, 2.45) is 10.9 Å². The molecule has 1 amide bonds. The van der Waals surface area contributed by atoms with E-state index in [0.29, 0.717) is 23.0 Å². The average Bonchev–Trinajstić information content (AvgIpc) is 3.43. The Balaban J connectivity index is 1.51. The number of aliphatic hydroxyl groups excluding tert-OH is 1. The van der Waals surface area contributed by atoms with Crippen molar-refractivity contribution < 1.29 is 28.2 Å². The number of aromatic nitrogens is 2. The molecule has 34 heavy (non-hydrogen) atoms. The van der Waals surface area contributed by atoms with Gasteiger partial charge in [0.05, 0.1) is 30.1 Å². The van der Waals surface area contributed by atoms with E-state index in [2.05, 4.69) is 20.6 Å². The van der Waals surface area contributed by atoms with Crippen molar-refractivity contribution in [3.05, 3.63) is 44.8 Å². The van der Waals surface area contributed by atoms with Gasteiger partial charge in [-0.05, 0) is 13.3 Å². The second-order valence-corrected chi connectivity index (χ2v) is 8.09. The van der Waals surface area contributed by atoms with Crippen molar-refractivity contribution in [1.82, 2.24) is 9.55 Å². The normalized spacial score (nSPS) is 21.0. The largest absolute Gasteiger partial charge is 0.519 e. The molecule has 3 N–H and O–H groups in total. The summed E-state index contributed by atoms with van der Waals surface area (Å²) >= 11 is 0. The third-order valence-corrected chi connectivity index (χ3v) is 5.75. The first-order valence-corrected chi connectivity index (χ1v) is 10.5. The SMILES string of the molecule is Cc1oc(=O)oc1COC(=O)Nc1cc(=O)nc2c3c(n(C4OC(CO)CC4C)cc13)N=CN2. The van der Waals surface area contributed by atoms with Gasteiger partial charge in [0.2, 0.25) is 0 Å². The van der Waals surface area contributed by atoms with Crippen molar-refractivity contribution >= 4 is 40.5 Å². The lowest BCUT2D eigenvalue weighted by Gasteiger charge is -2.19. The average molecular weight is 471 g/mol. The molecule has 1 fully saturated rings. The molecule has 3 aromatic rings. The van der Waals surface area contributed by atoms with Crippen LogP contribution >= 0.6 is 0 Å². The van der Waals surface area contributed by atoms with E-state index in [1.54, 1.807) is 10.8 Å². The van der Waals surface area contributed by atoms with E-state index in [4.69, 9.17) is 18.3 Å². The van der Waals surface area contributed by atoms with E-state index >= 15 is 0 Å². The van der Waals surface area contributed by atoms with Gasteiger partial charge in [0.1, 0.15) is 17.9 Å². The molecule has 0 radical (unpaired) electrons. The minimum Gasteiger partial charge on any atom is -0.441 e. The molecule has 0 saturated carbocycles. The Hall–Kier alpha value is -3.97. The van der Waals surface area contributed by atoms with Crippen molar-refractivity contribution in [2.75, 3.05) is 17.2 Å². The Labute approximate surface area is 191 Å². The third kappa shape index (κ3) is 3.84. The van der Waals surface area contributed by atoms with E-state index in [1.165, 1.54) is 19.3 Å². The van der Waals surface area contributed by atoms with Crippen LogP contribution in [0.1, 0.15) is 31.1 Å². The number of carbonyl (C=O) groups is 1. The lowest BCUT2D eigenvalue weighted by atomic mass is 10.1. The Morgan fingerprint density at radius 1 is 1.38 bits per heavy atom. The van der Waals surface area contributed by atoms with Gasteiger partial charge >= 0.3 is 11.9 Å². The van der Waals surface area contributed by atoms with Gasteiger partial charge in [0, 0.05) is 23.6 Å². The molecule has 0 aliphatic carbocycles. The van der Waals surface area contributed by atoms with Crippen LogP contribution in [0.5, 0.6) is 0 Å². The number of nitrogens with zero attached hydrogens (tertiary/aromatic N) is 3. The summed E-state index contributed by atoms with van der Waals surface area (Å²) in [6, 6.07) is 1.17. The van der Waals surface area contributed by atoms with E-state index in [1.807, 2.05) is 6.92 Å². The van der Waals surface area contributed by atoms with Gasteiger partial charge < -0.3 is 33.3 Å². The number of hydrogen-bond donors (Lipinski definition) is 3. The van der Waals surface area contributed by atoms with Crippen LogP contribution in [0, 0.1) is 12.8 Å². The van der Waals surface area contributed by atoms with E-state index in [-0.39, 0.29) is 48.3 Å². The molecular formula is C21H21N5O8. The van der Waals surface area contributed by atoms with Gasteiger partial charge in [-0.2, -0.15) is 4.98 Å². The number of ether oxygens (including phenoxy) is 2. The maximum Gasteiger partial charge on any atom is 0.519 e. The fraction of sp³-hybridized carbons (Fsp3) is 0.381. The second kappa shape index (κ2) is 8.43. The Kier molecular flexibility index (Phi) is 5.42. The van der Waals surface area contributed by atoms with Gasteiger partial charge in [0.25, 0.3) is 5.56 Å². The predicted molar refractivity (Wildman–Crippen MR) is 118 cm³/mol. The molecule has 5 rings (SSSR count). The Morgan fingerprint density at radius 3 is 2.91 bits per heavy atom. The molecule has 0 spiro atoms. The highest BCUT2D eigenvalue weighted by Gasteiger charge is 2.35. The number of hydrogen-bond acceptors (Lipinski definition) is 11. The second-order valence-electron chi connectivity index (χ2n) is 8.09. The first-order valence-electron chi connectivity index (χ1n) is 10.5. The molecule has 0 bridgehead atoms. The molecule has 2 aliphatic heterocycles. The van der Waals surface area contributed by atoms with Crippen molar-refractivity contribution in [3.63, 3.8) is 0 Å². The molecule has 5 heterocycles. The van der Waals surface area contributed by atoms with Crippen LogP contribution in [0.4, 0.5) is 22.1 Å². The first kappa shape index (κ1) is 21.9. The summed E-state index contributed by atoms with van der Waals surface area (Å²) < 4.78 is 22.5. The number of aryl methyl sites for hydroxylation is 1. The maximum atomic E-state index is 12.5. The summed E-state index contributed by atoms with van der Waals surface area (Å²) in [7, 11) is 0. The number of rotatable bonds is 5. The molecule has 3 aromatic heterocycles. The smallest absolute Gasteiger partial charge is 0.441 e. The first-order chi connectivity index (χ1) is 16.3. The molecule has 0 aromatic carbocycles. The number of anilines is 2. The molecule has 2 aliphatic rings. The molecular weight excluding hydrogens is 450 g/mol. The summed E-state index contributed by atoms with van der Waals surface area (Å²) in [6.45, 7) is 3.07. The molecule has 1 saturated heterocycles. The predicted octanol–water partition coefficient (Wildman–Crippen LogP) is 2.00. The highest BCUT2D eigenvalue weighted by molar-refractivity contribution is 6.12.